The van der Waals surface area contributed by atoms with Crippen LogP contribution in [0, 0.1) is 4.91 Å². The first-order valence-electron chi connectivity index (χ1n) is 9.98. The molecule has 0 aliphatic heterocycles. The number of amides is 1. The molecular formula is C22H22N6O3. The minimum absolute atomic E-state index is 0.177. The number of aromatic nitrogens is 4. The number of nitrogens with one attached hydrogen (secondary N) is 1. The van der Waals surface area contributed by atoms with Gasteiger partial charge in [-0.15, -0.1) is 0 Å². The Morgan fingerprint density at radius 2 is 2.06 bits per heavy atom. The quantitative estimate of drug-likeness (QED) is 0.315. The monoisotopic (exact) mass is 418 g/mol. The van der Waals surface area contributed by atoms with Crippen molar-refractivity contribution < 1.29 is 9.53 Å². The zero-order valence-corrected chi connectivity index (χ0v) is 16.8. The molecule has 1 N–H and O–H groups in total. The van der Waals surface area contributed by atoms with Gasteiger partial charge in [0.1, 0.15) is 17.4 Å². The van der Waals surface area contributed by atoms with E-state index in [4.69, 9.17) is 4.74 Å². The molecule has 0 aliphatic carbocycles. The molecule has 1 aromatic carbocycles. The molecule has 0 fully saturated rings. The number of hydrogen-bond acceptors (Lipinski definition) is 6. The van der Waals surface area contributed by atoms with Gasteiger partial charge in [0.15, 0.2) is 0 Å². The van der Waals surface area contributed by atoms with Crippen LogP contribution in [0.2, 0.25) is 0 Å². The highest BCUT2D eigenvalue weighted by molar-refractivity contribution is 5.94. The summed E-state index contributed by atoms with van der Waals surface area (Å²) in [6.07, 6.45) is 11.5. The topological polar surface area (TPSA) is 103 Å². The van der Waals surface area contributed by atoms with Crippen LogP contribution in [-0.4, -0.2) is 44.0 Å². The molecule has 9 nitrogen and oxygen atoms in total. The van der Waals surface area contributed by atoms with Gasteiger partial charge in [-0.05, 0) is 37.1 Å². The van der Waals surface area contributed by atoms with E-state index >= 15 is 0 Å². The third-order valence-electron chi connectivity index (χ3n) is 4.89. The molecule has 0 saturated carbocycles. The molecule has 31 heavy (non-hydrogen) atoms. The van der Waals surface area contributed by atoms with Gasteiger partial charge in [-0.3, -0.25) is 4.79 Å². The number of pyridine rings is 1. The van der Waals surface area contributed by atoms with Crippen molar-refractivity contribution >= 4 is 11.6 Å². The summed E-state index contributed by atoms with van der Waals surface area (Å²) in [4.78, 5) is 31.8. The molecule has 0 aliphatic rings. The van der Waals surface area contributed by atoms with Crippen LogP contribution >= 0.6 is 0 Å². The number of fused-ring (bicyclic) bond motifs is 1. The summed E-state index contributed by atoms with van der Waals surface area (Å²) in [5, 5.41) is 5.93. The van der Waals surface area contributed by atoms with Crippen molar-refractivity contribution in [3.63, 3.8) is 0 Å². The van der Waals surface area contributed by atoms with Gasteiger partial charge in [0.25, 0.3) is 5.91 Å². The maximum absolute atomic E-state index is 12.4. The summed E-state index contributed by atoms with van der Waals surface area (Å²) in [7, 11) is 0. The lowest BCUT2D eigenvalue weighted by molar-refractivity contribution is 0.0950. The second-order valence-corrected chi connectivity index (χ2v) is 7.01. The predicted molar refractivity (Wildman–Crippen MR) is 115 cm³/mol. The zero-order valence-electron chi connectivity index (χ0n) is 16.8. The van der Waals surface area contributed by atoms with Gasteiger partial charge in [-0.2, -0.15) is 4.91 Å². The number of ether oxygens (including phenoxy) is 1. The zero-order chi connectivity index (χ0) is 21.5. The largest absolute Gasteiger partial charge is 0.491 e. The number of para-hydroxylation sites is 2. The van der Waals surface area contributed by atoms with Crippen molar-refractivity contribution in [1.29, 1.82) is 0 Å². The van der Waals surface area contributed by atoms with Gasteiger partial charge < -0.3 is 19.0 Å². The minimum Gasteiger partial charge on any atom is -0.491 e. The molecule has 0 bridgehead atoms. The molecular weight excluding hydrogens is 396 g/mol. The Bertz CT molecular complexity index is 1150. The molecule has 0 radical (unpaired) electrons. The first-order chi connectivity index (χ1) is 15.2. The Morgan fingerprint density at radius 1 is 1.16 bits per heavy atom. The summed E-state index contributed by atoms with van der Waals surface area (Å²) in [6.45, 7) is 0.610. The Kier molecular flexibility index (Phi) is 6.32. The van der Waals surface area contributed by atoms with Gasteiger partial charge >= 0.3 is 0 Å². The molecule has 4 aromatic rings. The lowest BCUT2D eigenvalue weighted by Crippen LogP contribution is -2.31. The Labute approximate surface area is 178 Å². The average molecular weight is 418 g/mol. The number of imidazole rings is 2. The lowest BCUT2D eigenvalue weighted by Gasteiger charge is -2.13. The van der Waals surface area contributed by atoms with E-state index in [-0.39, 0.29) is 12.5 Å². The molecule has 1 amide bonds. The molecule has 4 rings (SSSR count). The molecule has 0 spiro atoms. The molecule has 1 unspecified atom stereocenters. The van der Waals surface area contributed by atoms with Crippen LogP contribution in [0.3, 0.4) is 0 Å². The normalized spacial score (nSPS) is 11.9. The summed E-state index contributed by atoms with van der Waals surface area (Å²) < 4.78 is 9.54. The van der Waals surface area contributed by atoms with Crippen molar-refractivity contribution in [2.75, 3.05) is 13.2 Å². The standard InChI is InChI=1S/C22H22N6O3/c29-22(17-7-8-21-24-10-12-27(21)15-17)25-14-18(26-30)4-3-13-31-20-6-2-1-5-19(20)28-11-9-23-16-28/h1-2,5-12,15-16,18H,3-4,13-14H2,(H,25,29). The van der Waals surface area contributed by atoms with E-state index in [9.17, 15) is 9.70 Å². The highest BCUT2D eigenvalue weighted by Gasteiger charge is 2.13. The number of nitroso groups, excluding NO2 is 1. The number of hydrogen-bond donors (Lipinski definition) is 1. The van der Waals surface area contributed by atoms with Crippen molar-refractivity contribution in [2.24, 2.45) is 5.18 Å². The van der Waals surface area contributed by atoms with Gasteiger partial charge in [0.2, 0.25) is 0 Å². The second kappa shape index (κ2) is 9.66. The average Bonchev–Trinajstić information content (AvgIpc) is 3.50. The molecule has 3 heterocycles. The summed E-state index contributed by atoms with van der Waals surface area (Å²) in [5.41, 5.74) is 2.15. The molecule has 9 heteroatoms. The maximum Gasteiger partial charge on any atom is 0.252 e. The Balaban J connectivity index is 1.25. The SMILES string of the molecule is O=NC(CCCOc1ccccc1-n1ccnc1)CNC(=O)c1ccc2nccn2c1. The van der Waals surface area contributed by atoms with E-state index in [0.717, 1.165) is 17.1 Å². The molecule has 0 saturated heterocycles. The highest BCUT2D eigenvalue weighted by Crippen LogP contribution is 2.22. The number of nitrogens with zero attached hydrogens (tertiary/aromatic N) is 5. The highest BCUT2D eigenvalue weighted by atomic mass is 16.5. The van der Waals surface area contributed by atoms with Crippen LogP contribution < -0.4 is 10.1 Å². The molecule has 1 atom stereocenters. The van der Waals surface area contributed by atoms with Crippen LogP contribution in [0.15, 0.2) is 78.9 Å². The van der Waals surface area contributed by atoms with E-state index < -0.39 is 6.04 Å². The van der Waals surface area contributed by atoms with E-state index in [1.807, 2.05) is 35.0 Å². The van der Waals surface area contributed by atoms with Gasteiger partial charge in [-0.25, -0.2) is 9.97 Å². The summed E-state index contributed by atoms with van der Waals surface area (Å²) >= 11 is 0. The van der Waals surface area contributed by atoms with Crippen LogP contribution in [0.25, 0.3) is 11.3 Å². The summed E-state index contributed by atoms with van der Waals surface area (Å²) in [5.74, 6) is 0.481. The van der Waals surface area contributed by atoms with E-state index in [2.05, 4.69) is 20.5 Å². The number of carbonyl (C=O) groups is 1. The third kappa shape index (κ3) is 4.95. The fraction of sp³-hybridized carbons (Fsp3) is 0.227. The second-order valence-electron chi connectivity index (χ2n) is 7.01. The third-order valence-corrected chi connectivity index (χ3v) is 4.89. The first kappa shape index (κ1) is 20.3. The number of rotatable bonds is 10. The van der Waals surface area contributed by atoms with Crippen LogP contribution in [0.1, 0.15) is 23.2 Å². The predicted octanol–water partition coefficient (Wildman–Crippen LogP) is 3.24. The minimum atomic E-state index is -0.520. The maximum atomic E-state index is 12.4. The van der Waals surface area contributed by atoms with Gasteiger partial charge in [0, 0.05) is 37.5 Å². The van der Waals surface area contributed by atoms with Crippen molar-refractivity contribution in [1.82, 2.24) is 24.3 Å². The van der Waals surface area contributed by atoms with Crippen LogP contribution in [-0.2, 0) is 0 Å². The van der Waals surface area contributed by atoms with E-state index in [1.165, 1.54) is 0 Å². The lowest BCUT2D eigenvalue weighted by atomic mass is 10.1. The Hall–Kier alpha value is -4.01. The molecule has 3 aromatic heterocycles. The fourth-order valence-corrected chi connectivity index (χ4v) is 3.25. The van der Waals surface area contributed by atoms with Crippen molar-refractivity contribution in [3.8, 4) is 11.4 Å². The first-order valence-corrected chi connectivity index (χ1v) is 9.98. The van der Waals surface area contributed by atoms with Crippen molar-refractivity contribution in [2.45, 2.75) is 18.9 Å². The smallest absolute Gasteiger partial charge is 0.252 e. The Morgan fingerprint density at radius 3 is 2.90 bits per heavy atom. The number of carbonyl (C=O) groups excluding carboxylic acids is 1. The number of benzene rings is 1. The molecule has 158 valence electrons. The van der Waals surface area contributed by atoms with E-state index in [0.29, 0.717) is 25.0 Å². The van der Waals surface area contributed by atoms with Crippen molar-refractivity contribution in [3.05, 3.63) is 84.2 Å². The van der Waals surface area contributed by atoms with Crippen LogP contribution in [0.4, 0.5) is 0 Å². The van der Waals surface area contributed by atoms with Gasteiger partial charge in [-0.1, -0.05) is 17.3 Å². The van der Waals surface area contributed by atoms with E-state index in [1.54, 1.807) is 47.6 Å². The van der Waals surface area contributed by atoms with Gasteiger partial charge in [0.05, 0.1) is 24.2 Å². The van der Waals surface area contributed by atoms with Crippen LogP contribution in [0.5, 0.6) is 5.75 Å². The summed E-state index contributed by atoms with van der Waals surface area (Å²) in [6, 6.07) is 10.6. The fourth-order valence-electron chi connectivity index (χ4n) is 3.25.